The van der Waals surface area contributed by atoms with Gasteiger partial charge in [0.1, 0.15) is 5.82 Å². The number of nitrogens with zero attached hydrogens (tertiary/aromatic N) is 1. The molecule has 1 aromatic heterocycles. The van der Waals surface area contributed by atoms with E-state index >= 15 is 0 Å². The van der Waals surface area contributed by atoms with Gasteiger partial charge >= 0.3 is 0 Å². The molecule has 4 nitrogen and oxygen atoms in total. The molecule has 3 aromatic rings. The van der Waals surface area contributed by atoms with Crippen molar-refractivity contribution < 1.29 is 14.0 Å². The summed E-state index contributed by atoms with van der Waals surface area (Å²) in [4.78, 5) is 28.5. The van der Waals surface area contributed by atoms with Gasteiger partial charge < -0.3 is 10.2 Å². The van der Waals surface area contributed by atoms with Gasteiger partial charge in [0, 0.05) is 28.2 Å². The van der Waals surface area contributed by atoms with Crippen molar-refractivity contribution in [3.63, 3.8) is 0 Å². The number of fused-ring (bicyclic) bond motifs is 1. The highest BCUT2D eigenvalue weighted by molar-refractivity contribution is 7.16. The summed E-state index contributed by atoms with van der Waals surface area (Å²) in [5.41, 5.74) is 2.93. The highest BCUT2D eigenvalue weighted by atomic mass is 35.5. The van der Waals surface area contributed by atoms with Crippen LogP contribution in [0.4, 0.5) is 15.8 Å². The van der Waals surface area contributed by atoms with E-state index in [1.165, 1.54) is 23.5 Å². The van der Waals surface area contributed by atoms with Gasteiger partial charge in [0.15, 0.2) is 0 Å². The van der Waals surface area contributed by atoms with E-state index in [1.807, 2.05) is 6.07 Å². The Hall–Kier alpha value is -2.70. The number of halogens is 2. The fraction of sp³-hybridized carbons (Fsp3) is 0.217. The smallest absolute Gasteiger partial charge is 0.258 e. The number of anilines is 2. The number of hydrogen-bond acceptors (Lipinski definition) is 3. The van der Waals surface area contributed by atoms with E-state index in [1.54, 1.807) is 42.2 Å². The van der Waals surface area contributed by atoms with Crippen molar-refractivity contribution >= 4 is 46.1 Å². The fourth-order valence-corrected chi connectivity index (χ4v) is 4.88. The predicted octanol–water partition coefficient (Wildman–Crippen LogP) is 6.08. The largest absolute Gasteiger partial charge is 0.322 e. The summed E-state index contributed by atoms with van der Waals surface area (Å²) >= 11 is 7.70. The predicted molar refractivity (Wildman–Crippen MR) is 119 cm³/mol. The van der Waals surface area contributed by atoms with Crippen LogP contribution in [0.5, 0.6) is 0 Å². The molecule has 0 unspecified atom stereocenters. The van der Waals surface area contributed by atoms with Crippen LogP contribution in [0.15, 0.2) is 48.5 Å². The van der Waals surface area contributed by atoms with Gasteiger partial charge in [-0.3, -0.25) is 9.59 Å². The number of thiophene rings is 1. The monoisotopic (exact) mass is 442 g/mol. The first-order valence-electron chi connectivity index (χ1n) is 9.70. The van der Waals surface area contributed by atoms with Gasteiger partial charge in [0.25, 0.3) is 11.8 Å². The average Bonchev–Trinajstić information content (AvgIpc) is 2.99. The molecule has 2 aromatic carbocycles. The normalized spacial score (nSPS) is 13.5. The lowest BCUT2D eigenvalue weighted by atomic mass is 10.1. The number of hydrogen-bond donors (Lipinski definition) is 1. The van der Waals surface area contributed by atoms with Crippen LogP contribution in [0.1, 0.15) is 44.0 Å². The van der Waals surface area contributed by atoms with Gasteiger partial charge in [0.2, 0.25) is 0 Å². The zero-order chi connectivity index (χ0) is 21.3. The molecule has 2 amide bonds. The molecule has 1 aliphatic heterocycles. The van der Waals surface area contributed by atoms with E-state index in [4.69, 9.17) is 11.6 Å². The lowest BCUT2D eigenvalue weighted by Gasteiger charge is -2.21. The van der Waals surface area contributed by atoms with Crippen LogP contribution in [0.3, 0.4) is 0 Å². The summed E-state index contributed by atoms with van der Waals surface area (Å²) in [6.45, 7) is 2.40. The Morgan fingerprint density at radius 1 is 1.10 bits per heavy atom. The Morgan fingerprint density at radius 3 is 2.63 bits per heavy atom. The van der Waals surface area contributed by atoms with E-state index in [0.717, 1.165) is 29.8 Å². The van der Waals surface area contributed by atoms with Crippen LogP contribution in [-0.4, -0.2) is 18.4 Å². The first-order chi connectivity index (χ1) is 14.4. The third kappa shape index (κ3) is 4.25. The van der Waals surface area contributed by atoms with Gasteiger partial charge in [0.05, 0.1) is 10.0 Å². The highest BCUT2D eigenvalue weighted by Gasteiger charge is 2.24. The molecule has 4 rings (SSSR count). The molecule has 7 heteroatoms. The highest BCUT2D eigenvalue weighted by Crippen LogP contribution is 2.37. The molecule has 0 bridgehead atoms. The van der Waals surface area contributed by atoms with Crippen LogP contribution < -0.4 is 10.2 Å². The number of aryl methyl sites for hydroxylation is 2. The summed E-state index contributed by atoms with van der Waals surface area (Å²) in [6.07, 6.45) is 2.89. The van der Waals surface area contributed by atoms with E-state index in [2.05, 4.69) is 5.32 Å². The maximum Gasteiger partial charge on any atom is 0.258 e. The van der Waals surface area contributed by atoms with E-state index in [0.29, 0.717) is 27.7 Å². The van der Waals surface area contributed by atoms with Crippen molar-refractivity contribution in [2.24, 2.45) is 0 Å². The summed E-state index contributed by atoms with van der Waals surface area (Å²) in [6, 6.07) is 12.7. The number of benzene rings is 2. The second-order valence-corrected chi connectivity index (χ2v) is 9.03. The molecule has 30 heavy (non-hydrogen) atoms. The minimum Gasteiger partial charge on any atom is -0.322 e. The Balaban J connectivity index is 1.51. The first kappa shape index (κ1) is 20.6. The number of rotatable bonds is 3. The van der Waals surface area contributed by atoms with Gasteiger partial charge in [-0.2, -0.15) is 0 Å². The molecule has 1 N–H and O–H groups in total. The SMILES string of the molecule is Cc1ccc(F)cc1C(=O)Nc1ccc(C(=O)N2CCCCc3sc(Cl)cc32)cc1. The second kappa shape index (κ2) is 8.58. The molecule has 0 fully saturated rings. The third-order valence-corrected chi connectivity index (χ3v) is 6.48. The molecule has 0 saturated carbocycles. The molecule has 0 atom stereocenters. The van der Waals surface area contributed by atoms with Crippen molar-refractivity contribution in [2.45, 2.75) is 26.2 Å². The average molecular weight is 443 g/mol. The Kier molecular flexibility index (Phi) is 5.88. The lowest BCUT2D eigenvalue weighted by Crippen LogP contribution is -2.31. The van der Waals surface area contributed by atoms with E-state index in [-0.39, 0.29) is 11.5 Å². The van der Waals surface area contributed by atoms with E-state index < -0.39 is 11.7 Å². The number of nitrogens with one attached hydrogen (secondary N) is 1. The van der Waals surface area contributed by atoms with Gasteiger partial charge in [-0.05, 0) is 74.2 Å². The topological polar surface area (TPSA) is 49.4 Å². The Morgan fingerprint density at radius 2 is 1.87 bits per heavy atom. The van der Waals surface area contributed by atoms with Crippen molar-refractivity contribution in [3.8, 4) is 0 Å². The fourth-order valence-electron chi connectivity index (χ4n) is 3.57. The molecule has 154 valence electrons. The standard InChI is InChI=1S/C23H20ClFN2O2S/c1-14-5-8-16(25)12-18(14)22(28)26-17-9-6-15(7-10-17)23(29)27-11-3-2-4-20-19(27)13-21(24)30-20/h5-10,12-13H,2-4,11H2,1H3,(H,26,28). The van der Waals surface area contributed by atoms with Crippen LogP contribution in [0, 0.1) is 12.7 Å². The number of carbonyl (C=O) groups is 2. The summed E-state index contributed by atoms with van der Waals surface area (Å²) < 4.78 is 14.2. The third-order valence-electron chi connectivity index (χ3n) is 5.16. The zero-order valence-electron chi connectivity index (χ0n) is 16.4. The maximum absolute atomic E-state index is 13.5. The van der Waals surface area contributed by atoms with Gasteiger partial charge in [-0.1, -0.05) is 17.7 Å². The Labute approximate surface area is 183 Å². The number of carbonyl (C=O) groups excluding carboxylic acids is 2. The molecule has 0 aliphatic carbocycles. The van der Waals surface area contributed by atoms with Crippen molar-refractivity contribution in [1.82, 2.24) is 0 Å². The minimum absolute atomic E-state index is 0.0912. The van der Waals surface area contributed by atoms with Crippen molar-refractivity contribution in [2.75, 3.05) is 16.8 Å². The minimum atomic E-state index is -0.461. The molecular formula is C23H20ClFN2O2S. The van der Waals surface area contributed by atoms with Crippen LogP contribution in [0.25, 0.3) is 0 Å². The Bertz CT molecular complexity index is 1110. The second-order valence-electron chi connectivity index (χ2n) is 7.26. The van der Waals surface area contributed by atoms with Gasteiger partial charge in [-0.15, -0.1) is 11.3 Å². The van der Waals surface area contributed by atoms with Crippen molar-refractivity contribution in [1.29, 1.82) is 0 Å². The first-order valence-corrected chi connectivity index (χ1v) is 10.9. The van der Waals surface area contributed by atoms with Crippen LogP contribution in [-0.2, 0) is 6.42 Å². The molecule has 0 spiro atoms. The van der Waals surface area contributed by atoms with Crippen LogP contribution >= 0.6 is 22.9 Å². The zero-order valence-corrected chi connectivity index (χ0v) is 17.9. The molecule has 0 saturated heterocycles. The number of amides is 2. The van der Waals surface area contributed by atoms with E-state index in [9.17, 15) is 14.0 Å². The maximum atomic E-state index is 13.5. The van der Waals surface area contributed by atoms with Crippen molar-refractivity contribution in [3.05, 3.63) is 80.3 Å². The lowest BCUT2D eigenvalue weighted by molar-refractivity contribution is 0.0985. The summed E-state index contributed by atoms with van der Waals surface area (Å²) in [5.74, 6) is -0.945. The quantitative estimate of drug-likeness (QED) is 0.534. The molecule has 2 heterocycles. The summed E-state index contributed by atoms with van der Waals surface area (Å²) in [7, 11) is 0. The van der Waals surface area contributed by atoms with Gasteiger partial charge in [-0.25, -0.2) is 4.39 Å². The van der Waals surface area contributed by atoms with Crippen LogP contribution in [0.2, 0.25) is 4.34 Å². The summed E-state index contributed by atoms with van der Waals surface area (Å²) in [5, 5.41) is 2.75. The molecular weight excluding hydrogens is 423 g/mol. The molecule has 1 aliphatic rings. The molecule has 0 radical (unpaired) electrons.